The second kappa shape index (κ2) is 3.93. The fraction of sp³-hybridized carbons (Fsp3) is 0.417. The molecule has 1 rings (SSSR count). The first-order valence-corrected chi connectivity index (χ1v) is 4.78. The Balaban J connectivity index is 3.46. The van der Waals surface area contributed by atoms with E-state index in [0.29, 0.717) is 5.75 Å². The Bertz CT molecular complexity index is 375. The number of methoxy groups -OCH3 is 1. The van der Waals surface area contributed by atoms with Crippen molar-refractivity contribution < 1.29 is 14.6 Å². The summed E-state index contributed by atoms with van der Waals surface area (Å²) in [6.45, 7) is 5.94. The number of ether oxygens (including phenoxy) is 1. The molecule has 0 aliphatic carbocycles. The highest BCUT2D eigenvalue weighted by molar-refractivity contribution is 5.93. The van der Waals surface area contributed by atoms with Gasteiger partial charge in [-0.25, -0.2) is 4.79 Å². The summed E-state index contributed by atoms with van der Waals surface area (Å²) >= 11 is 0. The maximum absolute atomic E-state index is 11.2. The second-order valence-corrected chi connectivity index (χ2v) is 4.44. The molecule has 0 heterocycles. The molecule has 82 valence electrons. The van der Waals surface area contributed by atoms with Gasteiger partial charge in [-0.2, -0.15) is 0 Å². The number of carboxylic acid groups (broad SMARTS) is 1. The topological polar surface area (TPSA) is 46.5 Å². The normalized spacial score (nSPS) is 11.2. The summed E-state index contributed by atoms with van der Waals surface area (Å²) in [5.41, 5.74) is 0.837. The molecule has 1 aromatic rings. The van der Waals surface area contributed by atoms with Gasteiger partial charge >= 0.3 is 5.97 Å². The molecule has 0 aliphatic rings. The van der Waals surface area contributed by atoms with Crippen molar-refractivity contribution in [2.45, 2.75) is 26.2 Å². The molecule has 0 bridgehead atoms. The van der Waals surface area contributed by atoms with Crippen LogP contribution in [-0.4, -0.2) is 18.2 Å². The number of hydrogen-bond acceptors (Lipinski definition) is 2. The quantitative estimate of drug-likeness (QED) is 0.812. The number of carboxylic acids is 1. The second-order valence-electron chi connectivity index (χ2n) is 4.44. The molecule has 0 atom stereocenters. The first-order chi connectivity index (χ1) is 6.88. The molecule has 0 radical (unpaired) electrons. The zero-order chi connectivity index (χ0) is 11.6. The van der Waals surface area contributed by atoms with E-state index in [4.69, 9.17) is 9.84 Å². The van der Waals surface area contributed by atoms with Gasteiger partial charge < -0.3 is 9.84 Å². The molecule has 15 heavy (non-hydrogen) atoms. The summed E-state index contributed by atoms with van der Waals surface area (Å²) in [7, 11) is 1.48. The van der Waals surface area contributed by atoms with E-state index in [1.54, 1.807) is 6.07 Å². The van der Waals surface area contributed by atoms with Crippen LogP contribution in [0.4, 0.5) is 0 Å². The van der Waals surface area contributed by atoms with Crippen LogP contribution in [0, 0.1) is 0 Å². The Morgan fingerprint density at radius 3 is 2.33 bits per heavy atom. The van der Waals surface area contributed by atoms with Crippen molar-refractivity contribution in [3.8, 4) is 5.75 Å². The predicted molar refractivity (Wildman–Crippen MR) is 58.7 cm³/mol. The summed E-state index contributed by atoms with van der Waals surface area (Å²) in [6, 6.07) is 5.30. The molecule has 0 amide bonds. The Hall–Kier alpha value is -1.51. The first kappa shape index (κ1) is 11.6. The first-order valence-electron chi connectivity index (χ1n) is 4.78. The number of aromatic carboxylic acids is 1. The molecule has 1 aromatic carbocycles. The van der Waals surface area contributed by atoms with E-state index in [1.807, 2.05) is 32.9 Å². The Kier molecular flexibility index (Phi) is 3.03. The van der Waals surface area contributed by atoms with Crippen LogP contribution in [-0.2, 0) is 5.41 Å². The van der Waals surface area contributed by atoms with Gasteiger partial charge in [-0.3, -0.25) is 0 Å². The third-order valence-electron chi connectivity index (χ3n) is 2.27. The van der Waals surface area contributed by atoms with Crippen molar-refractivity contribution in [2.24, 2.45) is 0 Å². The van der Waals surface area contributed by atoms with Gasteiger partial charge in [0.25, 0.3) is 0 Å². The molecule has 0 aromatic heterocycles. The van der Waals surface area contributed by atoms with Crippen LogP contribution < -0.4 is 4.74 Å². The standard InChI is InChI=1S/C12H16O3/c1-12(2,3)8-6-5-7-9(15-4)10(8)11(13)14/h5-7H,1-4H3,(H,13,14). The molecule has 0 aliphatic heterocycles. The van der Waals surface area contributed by atoms with Gasteiger partial charge in [-0.15, -0.1) is 0 Å². The van der Waals surface area contributed by atoms with Crippen molar-refractivity contribution in [1.82, 2.24) is 0 Å². The molecule has 3 heteroatoms. The average molecular weight is 208 g/mol. The van der Waals surface area contributed by atoms with E-state index in [9.17, 15) is 4.79 Å². The van der Waals surface area contributed by atoms with E-state index in [-0.39, 0.29) is 11.0 Å². The number of carbonyl (C=O) groups is 1. The minimum Gasteiger partial charge on any atom is -0.496 e. The van der Waals surface area contributed by atoms with Gasteiger partial charge in [0.05, 0.1) is 7.11 Å². The van der Waals surface area contributed by atoms with Crippen molar-refractivity contribution in [3.05, 3.63) is 29.3 Å². The number of rotatable bonds is 2. The molecule has 0 spiro atoms. The van der Waals surface area contributed by atoms with E-state index in [1.165, 1.54) is 7.11 Å². The number of benzene rings is 1. The summed E-state index contributed by atoms with van der Waals surface area (Å²) in [5, 5.41) is 9.16. The van der Waals surface area contributed by atoms with Crippen LogP contribution >= 0.6 is 0 Å². The van der Waals surface area contributed by atoms with Gasteiger partial charge in [0.15, 0.2) is 0 Å². The van der Waals surface area contributed by atoms with Gasteiger partial charge in [0.1, 0.15) is 11.3 Å². The summed E-state index contributed by atoms with van der Waals surface area (Å²) in [4.78, 5) is 11.2. The van der Waals surface area contributed by atoms with Crippen LogP contribution in [0.5, 0.6) is 5.75 Å². The van der Waals surface area contributed by atoms with Crippen LogP contribution in [0.2, 0.25) is 0 Å². The monoisotopic (exact) mass is 208 g/mol. The van der Waals surface area contributed by atoms with Crippen molar-refractivity contribution in [2.75, 3.05) is 7.11 Å². The fourth-order valence-electron chi connectivity index (χ4n) is 1.55. The maximum atomic E-state index is 11.2. The SMILES string of the molecule is COc1cccc(C(C)(C)C)c1C(=O)O. The van der Waals surface area contributed by atoms with E-state index in [2.05, 4.69) is 0 Å². The third kappa shape index (κ3) is 2.29. The van der Waals surface area contributed by atoms with Gasteiger partial charge in [0, 0.05) is 0 Å². The lowest BCUT2D eigenvalue weighted by atomic mass is 9.83. The Morgan fingerprint density at radius 1 is 1.33 bits per heavy atom. The maximum Gasteiger partial charge on any atom is 0.339 e. The van der Waals surface area contributed by atoms with E-state index >= 15 is 0 Å². The highest BCUT2D eigenvalue weighted by Gasteiger charge is 2.24. The molecular formula is C12H16O3. The molecule has 0 saturated heterocycles. The Labute approximate surface area is 89.7 Å². The molecule has 1 N–H and O–H groups in total. The highest BCUT2D eigenvalue weighted by Crippen LogP contribution is 2.31. The van der Waals surface area contributed by atoms with Gasteiger partial charge in [-0.05, 0) is 17.0 Å². The smallest absolute Gasteiger partial charge is 0.339 e. The van der Waals surface area contributed by atoms with Crippen molar-refractivity contribution in [1.29, 1.82) is 0 Å². The number of hydrogen-bond donors (Lipinski definition) is 1. The van der Waals surface area contributed by atoms with E-state index < -0.39 is 5.97 Å². The summed E-state index contributed by atoms with van der Waals surface area (Å²) < 4.78 is 5.06. The summed E-state index contributed by atoms with van der Waals surface area (Å²) in [6.07, 6.45) is 0. The molecule has 3 nitrogen and oxygen atoms in total. The van der Waals surface area contributed by atoms with Crippen LogP contribution in [0.15, 0.2) is 18.2 Å². The fourth-order valence-corrected chi connectivity index (χ4v) is 1.55. The van der Waals surface area contributed by atoms with Crippen molar-refractivity contribution >= 4 is 5.97 Å². The van der Waals surface area contributed by atoms with Crippen LogP contribution in [0.25, 0.3) is 0 Å². The zero-order valence-corrected chi connectivity index (χ0v) is 9.50. The lowest BCUT2D eigenvalue weighted by Gasteiger charge is -2.22. The van der Waals surface area contributed by atoms with Gasteiger partial charge in [0.2, 0.25) is 0 Å². The average Bonchev–Trinajstić information content (AvgIpc) is 2.15. The zero-order valence-electron chi connectivity index (χ0n) is 9.50. The largest absolute Gasteiger partial charge is 0.496 e. The third-order valence-corrected chi connectivity index (χ3v) is 2.27. The minimum atomic E-state index is -0.947. The van der Waals surface area contributed by atoms with Crippen LogP contribution in [0.3, 0.4) is 0 Å². The lowest BCUT2D eigenvalue weighted by molar-refractivity contribution is 0.0690. The van der Waals surface area contributed by atoms with E-state index in [0.717, 1.165) is 5.56 Å². The Morgan fingerprint density at radius 2 is 1.93 bits per heavy atom. The van der Waals surface area contributed by atoms with Crippen LogP contribution in [0.1, 0.15) is 36.7 Å². The molecule has 0 fully saturated rings. The highest BCUT2D eigenvalue weighted by atomic mass is 16.5. The molecular weight excluding hydrogens is 192 g/mol. The molecule has 0 saturated carbocycles. The predicted octanol–water partition coefficient (Wildman–Crippen LogP) is 2.69. The van der Waals surface area contributed by atoms with Crippen molar-refractivity contribution in [3.63, 3.8) is 0 Å². The lowest BCUT2D eigenvalue weighted by Crippen LogP contribution is -2.17. The van der Waals surface area contributed by atoms with Gasteiger partial charge in [-0.1, -0.05) is 32.9 Å². The minimum absolute atomic E-state index is 0.206. The summed E-state index contributed by atoms with van der Waals surface area (Å²) in [5.74, 6) is -0.535. The molecule has 0 unspecified atom stereocenters.